The molecule has 2 amide bonds. The normalized spacial score (nSPS) is 16.7. The SMILES string of the molecule is CC(C)CCCN1CCC(NC(=O)c2coc(C(N)=O)c2)CC1. The maximum Gasteiger partial charge on any atom is 0.284 e. The van der Waals surface area contributed by atoms with Crippen LogP contribution in [0.15, 0.2) is 16.7 Å². The van der Waals surface area contributed by atoms with E-state index in [-0.39, 0.29) is 17.7 Å². The van der Waals surface area contributed by atoms with Crippen LogP contribution in [0.2, 0.25) is 0 Å². The zero-order valence-corrected chi connectivity index (χ0v) is 14.0. The molecular weight excluding hydrogens is 294 g/mol. The summed E-state index contributed by atoms with van der Waals surface area (Å²) in [7, 11) is 0. The van der Waals surface area contributed by atoms with Gasteiger partial charge >= 0.3 is 0 Å². The summed E-state index contributed by atoms with van der Waals surface area (Å²) in [6.45, 7) is 7.67. The molecule has 23 heavy (non-hydrogen) atoms. The van der Waals surface area contributed by atoms with Gasteiger partial charge in [0.2, 0.25) is 0 Å². The van der Waals surface area contributed by atoms with E-state index in [1.54, 1.807) is 0 Å². The van der Waals surface area contributed by atoms with Gasteiger partial charge in [0.15, 0.2) is 5.76 Å². The lowest BCUT2D eigenvalue weighted by molar-refractivity contribution is 0.0908. The average molecular weight is 321 g/mol. The molecule has 2 rings (SSSR count). The van der Waals surface area contributed by atoms with Crippen molar-refractivity contribution in [1.82, 2.24) is 10.2 Å². The van der Waals surface area contributed by atoms with Crippen LogP contribution in [0.4, 0.5) is 0 Å². The fourth-order valence-electron chi connectivity index (χ4n) is 2.88. The number of hydrogen-bond acceptors (Lipinski definition) is 4. The van der Waals surface area contributed by atoms with Crippen LogP contribution >= 0.6 is 0 Å². The van der Waals surface area contributed by atoms with Crippen LogP contribution in [0.3, 0.4) is 0 Å². The van der Waals surface area contributed by atoms with E-state index in [9.17, 15) is 9.59 Å². The molecule has 1 aliphatic heterocycles. The molecule has 3 N–H and O–H groups in total. The van der Waals surface area contributed by atoms with Gasteiger partial charge in [-0.3, -0.25) is 9.59 Å². The van der Waals surface area contributed by atoms with Crippen LogP contribution in [0.5, 0.6) is 0 Å². The highest BCUT2D eigenvalue weighted by Crippen LogP contribution is 2.14. The van der Waals surface area contributed by atoms with Gasteiger partial charge in [0, 0.05) is 25.2 Å². The third-order valence-corrected chi connectivity index (χ3v) is 4.28. The van der Waals surface area contributed by atoms with Gasteiger partial charge < -0.3 is 20.4 Å². The lowest BCUT2D eigenvalue weighted by Gasteiger charge is -2.32. The number of amides is 2. The van der Waals surface area contributed by atoms with Gasteiger partial charge in [0.25, 0.3) is 11.8 Å². The first-order valence-corrected chi connectivity index (χ1v) is 8.37. The van der Waals surface area contributed by atoms with Crippen LogP contribution in [0, 0.1) is 5.92 Å². The van der Waals surface area contributed by atoms with Crippen LogP contribution in [0.25, 0.3) is 0 Å². The third-order valence-electron chi connectivity index (χ3n) is 4.28. The molecule has 128 valence electrons. The van der Waals surface area contributed by atoms with Crippen LogP contribution in [0.1, 0.15) is 60.4 Å². The van der Waals surface area contributed by atoms with Crippen LogP contribution in [-0.2, 0) is 0 Å². The Morgan fingerprint density at radius 2 is 2.09 bits per heavy atom. The molecule has 1 aromatic heterocycles. The number of nitrogens with two attached hydrogens (primary N) is 1. The Hall–Kier alpha value is -1.82. The monoisotopic (exact) mass is 321 g/mol. The average Bonchev–Trinajstić information content (AvgIpc) is 2.99. The Morgan fingerprint density at radius 1 is 1.39 bits per heavy atom. The van der Waals surface area contributed by atoms with Crippen molar-refractivity contribution >= 4 is 11.8 Å². The predicted octanol–water partition coefficient (Wildman–Crippen LogP) is 2.01. The molecule has 0 aliphatic carbocycles. The van der Waals surface area contributed by atoms with E-state index in [4.69, 9.17) is 10.2 Å². The van der Waals surface area contributed by atoms with Gasteiger partial charge in [-0.2, -0.15) is 0 Å². The molecule has 0 radical (unpaired) electrons. The first kappa shape index (κ1) is 17.5. The Morgan fingerprint density at radius 3 is 2.65 bits per heavy atom. The van der Waals surface area contributed by atoms with E-state index in [0.29, 0.717) is 5.56 Å². The van der Waals surface area contributed by atoms with Crippen molar-refractivity contribution in [3.63, 3.8) is 0 Å². The summed E-state index contributed by atoms with van der Waals surface area (Å²) in [6, 6.07) is 1.56. The number of nitrogens with zero attached hydrogens (tertiary/aromatic N) is 1. The molecule has 0 spiro atoms. The molecule has 1 aliphatic rings. The Labute approximate surface area is 137 Å². The van der Waals surface area contributed by atoms with Gasteiger partial charge in [0.05, 0.1) is 5.56 Å². The number of primary amides is 1. The Kier molecular flexibility index (Phi) is 6.21. The lowest BCUT2D eigenvalue weighted by Crippen LogP contribution is -2.44. The Bertz CT molecular complexity index is 531. The van der Waals surface area contributed by atoms with Gasteiger partial charge in [-0.1, -0.05) is 13.8 Å². The maximum absolute atomic E-state index is 12.1. The highest BCUT2D eigenvalue weighted by Gasteiger charge is 2.22. The smallest absolute Gasteiger partial charge is 0.284 e. The van der Waals surface area contributed by atoms with Gasteiger partial charge in [0.1, 0.15) is 6.26 Å². The van der Waals surface area contributed by atoms with Crippen molar-refractivity contribution in [3.05, 3.63) is 23.7 Å². The van der Waals surface area contributed by atoms with Gasteiger partial charge in [-0.05, 0) is 38.1 Å². The van der Waals surface area contributed by atoms with Crippen molar-refractivity contribution in [2.75, 3.05) is 19.6 Å². The fourth-order valence-corrected chi connectivity index (χ4v) is 2.88. The second-order valence-electron chi connectivity index (χ2n) is 6.69. The number of furan rings is 1. The van der Waals surface area contributed by atoms with Crippen molar-refractivity contribution in [3.8, 4) is 0 Å². The summed E-state index contributed by atoms with van der Waals surface area (Å²) >= 11 is 0. The van der Waals surface area contributed by atoms with Gasteiger partial charge in [-0.25, -0.2) is 0 Å². The third kappa shape index (κ3) is 5.39. The minimum Gasteiger partial charge on any atom is -0.458 e. The molecule has 0 unspecified atom stereocenters. The second-order valence-corrected chi connectivity index (χ2v) is 6.69. The van der Waals surface area contributed by atoms with Crippen molar-refractivity contribution < 1.29 is 14.0 Å². The van der Waals surface area contributed by atoms with E-state index >= 15 is 0 Å². The van der Waals surface area contributed by atoms with E-state index in [1.165, 1.54) is 25.2 Å². The molecule has 1 saturated heterocycles. The molecule has 0 bridgehead atoms. The highest BCUT2D eigenvalue weighted by atomic mass is 16.3. The van der Waals surface area contributed by atoms with E-state index in [0.717, 1.165) is 38.4 Å². The molecular formula is C17H27N3O3. The summed E-state index contributed by atoms with van der Waals surface area (Å²) in [6.07, 6.45) is 5.68. The number of carbonyl (C=O) groups excluding carboxylic acids is 2. The first-order chi connectivity index (χ1) is 11.0. The molecule has 6 nitrogen and oxygen atoms in total. The van der Waals surface area contributed by atoms with Crippen LogP contribution < -0.4 is 11.1 Å². The minimum atomic E-state index is -0.668. The van der Waals surface area contributed by atoms with Crippen molar-refractivity contribution in [1.29, 1.82) is 0 Å². The number of rotatable bonds is 7. The second kappa shape index (κ2) is 8.15. The fraction of sp³-hybridized carbons (Fsp3) is 0.647. The Balaban J connectivity index is 1.73. The molecule has 1 fully saturated rings. The summed E-state index contributed by atoms with van der Waals surface area (Å²) in [4.78, 5) is 25.6. The molecule has 1 aromatic rings. The van der Waals surface area contributed by atoms with Crippen molar-refractivity contribution in [2.45, 2.75) is 45.6 Å². The van der Waals surface area contributed by atoms with E-state index in [1.807, 2.05) is 0 Å². The maximum atomic E-state index is 12.1. The van der Waals surface area contributed by atoms with E-state index < -0.39 is 5.91 Å². The number of carbonyl (C=O) groups is 2. The number of likely N-dealkylation sites (tertiary alicyclic amines) is 1. The largest absolute Gasteiger partial charge is 0.458 e. The zero-order valence-electron chi connectivity index (χ0n) is 14.0. The molecule has 2 heterocycles. The van der Waals surface area contributed by atoms with E-state index in [2.05, 4.69) is 24.1 Å². The van der Waals surface area contributed by atoms with Crippen LogP contribution in [-0.4, -0.2) is 42.4 Å². The standard InChI is InChI=1S/C17H27N3O3/c1-12(2)4-3-7-20-8-5-14(6-9-20)19-17(22)13-10-15(16(18)21)23-11-13/h10-12,14H,3-9H2,1-2H3,(H2,18,21)(H,19,22). The predicted molar refractivity (Wildman–Crippen MR) is 88.2 cm³/mol. The topological polar surface area (TPSA) is 88.6 Å². The number of piperidine rings is 1. The zero-order chi connectivity index (χ0) is 16.8. The summed E-state index contributed by atoms with van der Waals surface area (Å²) in [5.74, 6) is -0.111. The molecule has 0 atom stereocenters. The minimum absolute atomic E-state index is 0.00937. The van der Waals surface area contributed by atoms with Crippen molar-refractivity contribution in [2.24, 2.45) is 11.7 Å². The molecule has 0 aromatic carbocycles. The van der Waals surface area contributed by atoms with Gasteiger partial charge in [-0.15, -0.1) is 0 Å². The lowest BCUT2D eigenvalue weighted by atomic mass is 10.0. The summed E-state index contributed by atoms with van der Waals surface area (Å²) < 4.78 is 4.97. The molecule has 6 heteroatoms. The first-order valence-electron chi connectivity index (χ1n) is 8.37. The summed E-state index contributed by atoms with van der Waals surface area (Å²) in [5, 5.41) is 3.00. The highest BCUT2D eigenvalue weighted by molar-refractivity contribution is 5.97. The quantitative estimate of drug-likeness (QED) is 0.804. The summed E-state index contributed by atoms with van der Waals surface area (Å²) in [5.41, 5.74) is 5.46. The number of hydrogen-bond donors (Lipinski definition) is 2. The number of nitrogens with one attached hydrogen (secondary N) is 1. The molecule has 0 saturated carbocycles.